The predicted molar refractivity (Wildman–Crippen MR) is 324 cm³/mol. The maximum Gasteiger partial charge on any atom is 0.305 e. The van der Waals surface area contributed by atoms with E-state index in [1.165, 1.54) is 250 Å². The van der Waals surface area contributed by atoms with Gasteiger partial charge in [0.05, 0.1) is 25.4 Å². The molecule has 0 fully saturated rings. The van der Waals surface area contributed by atoms with Crippen LogP contribution < -0.4 is 5.32 Å². The maximum absolute atomic E-state index is 12.4. The van der Waals surface area contributed by atoms with Crippen molar-refractivity contribution in [3.05, 3.63) is 60.8 Å². The minimum absolute atomic E-state index is 0.00170. The lowest BCUT2D eigenvalue weighted by Gasteiger charge is -2.20. The summed E-state index contributed by atoms with van der Waals surface area (Å²) in [5, 5.41) is 23.0. The second kappa shape index (κ2) is 63.1. The van der Waals surface area contributed by atoms with Gasteiger partial charge in [-0.15, -0.1) is 0 Å². The Morgan fingerprint density at radius 3 is 1.05 bits per heavy atom. The Labute approximate surface area is 460 Å². The molecule has 0 spiro atoms. The molecule has 3 N–H and O–H groups in total. The normalized spacial score (nSPS) is 13.0. The second-order valence-electron chi connectivity index (χ2n) is 22.1. The monoisotopic (exact) mass is 1040 g/mol. The molecule has 0 saturated heterocycles. The van der Waals surface area contributed by atoms with Crippen molar-refractivity contribution in [1.82, 2.24) is 5.32 Å². The van der Waals surface area contributed by atoms with Crippen molar-refractivity contribution in [3.8, 4) is 0 Å². The maximum atomic E-state index is 12.4. The molecule has 0 aliphatic heterocycles. The van der Waals surface area contributed by atoms with Gasteiger partial charge in [-0.2, -0.15) is 0 Å². The Hall–Kier alpha value is -2.44. The lowest BCUT2D eigenvalue weighted by Crippen LogP contribution is -2.45. The smallest absolute Gasteiger partial charge is 0.305 e. The number of amides is 1. The number of aliphatic hydroxyl groups excluding tert-OH is 2. The molecule has 0 saturated carbocycles. The number of nitrogens with one attached hydrogen (secondary N) is 1. The summed E-state index contributed by atoms with van der Waals surface area (Å²) in [4.78, 5) is 24.5. The molecule has 74 heavy (non-hydrogen) atoms. The summed E-state index contributed by atoms with van der Waals surface area (Å²) < 4.78 is 5.48. The Morgan fingerprint density at radius 2 is 0.676 bits per heavy atom. The third kappa shape index (κ3) is 58.8. The number of carbonyl (C=O) groups is 2. The highest BCUT2D eigenvalue weighted by Crippen LogP contribution is 2.17. The molecule has 0 heterocycles. The zero-order valence-electron chi connectivity index (χ0n) is 49.3. The van der Waals surface area contributed by atoms with Crippen LogP contribution in [0.2, 0.25) is 0 Å². The molecule has 6 nitrogen and oxygen atoms in total. The molecule has 0 aromatic rings. The molecule has 6 heteroatoms. The number of carbonyl (C=O) groups excluding carboxylic acids is 2. The van der Waals surface area contributed by atoms with Crippen LogP contribution in [0.5, 0.6) is 0 Å². The molecule has 0 radical (unpaired) electrons. The first-order valence-corrected chi connectivity index (χ1v) is 32.6. The van der Waals surface area contributed by atoms with Crippen LogP contribution in [-0.2, 0) is 14.3 Å². The van der Waals surface area contributed by atoms with Crippen molar-refractivity contribution in [2.75, 3.05) is 13.2 Å². The average molecular weight is 1040 g/mol. The van der Waals surface area contributed by atoms with Gasteiger partial charge in [0, 0.05) is 12.8 Å². The summed E-state index contributed by atoms with van der Waals surface area (Å²) in [7, 11) is 0. The highest BCUT2D eigenvalue weighted by molar-refractivity contribution is 5.76. The van der Waals surface area contributed by atoms with Crippen LogP contribution >= 0.6 is 0 Å². The number of esters is 1. The second-order valence-corrected chi connectivity index (χ2v) is 22.1. The van der Waals surface area contributed by atoms with Crippen LogP contribution in [0, 0.1) is 0 Å². The third-order valence-corrected chi connectivity index (χ3v) is 14.8. The molecule has 0 aromatic carbocycles. The lowest BCUT2D eigenvalue weighted by molar-refractivity contribution is -0.143. The summed E-state index contributed by atoms with van der Waals surface area (Å²) in [6.45, 7) is 4.86. The van der Waals surface area contributed by atoms with E-state index >= 15 is 0 Å². The quantitative estimate of drug-likeness (QED) is 0.0320. The molecule has 1 amide bonds. The summed E-state index contributed by atoms with van der Waals surface area (Å²) in [5.41, 5.74) is 0. The van der Waals surface area contributed by atoms with E-state index in [1.54, 1.807) is 6.08 Å². The molecule has 0 rings (SSSR count). The van der Waals surface area contributed by atoms with Crippen LogP contribution in [0.25, 0.3) is 0 Å². The predicted octanol–water partition coefficient (Wildman–Crippen LogP) is 20.7. The highest BCUT2D eigenvalue weighted by Gasteiger charge is 2.18. The van der Waals surface area contributed by atoms with E-state index in [4.69, 9.17) is 4.74 Å². The van der Waals surface area contributed by atoms with Crippen molar-refractivity contribution >= 4 is 11.9 Å². The fourth-order valence-electron chi connectivity index (χ4n) is 9.75. The van der Waals surface area contributed by atoms with E-state index in [0.29, 0.717) is 19.4 Å². The molecular formula is C68H125NO5. The van der Waals surface area contributed by atoms with Gasteiger partial charge in [0.2, 0.25) is 5.91 Å². The molecule has 2 atom stereocenters. The van der Waals surface area contributed by atoms with Crippen LogP contribution in [-0.4, -0.2) is 47.4 Å². The van der Waals surface area contributed by atoms with Gasteiger partial charge in [0.15, 0.2) is 0 Å². The zero-order valence-corrected chi connectivity index (χ0v) is 49.3. The van der Waals surface area contributed by atoms with Crippen LogP contribution in [0.15, 0.2) is 60.8 Å². The molecule has 0 aliphatic rings. The number of rotatable bonds is 60. The molecular weight excluding hydrogens is 911 g/mol. The van der Waals surface area contributed by atoms with Crippen molar-refractivity contribution in [1.29, 1.82) is 0 Å². The number of aliphatic hydroxyl groups is 2. The number of ether oxygens (including phenoxy) is 1. The fourth-order valence-corrected chi connectivity index (χ4v) is 9.75. The highest BCUT2D eigenvalue weighted by atomic mass is 16.5. The van der Waals surface area contributed by atoms with Gasteiger partial charge in [-0.1, -0.05) is 286 Å². The van der Waals surface area contributed by atoms with Crippen LogP contribution in [0.3, 0.4) is 0 Å². The minimum Gasteiger partial charge on any atom is -0.466 e. The first-order valence-electron chi connectivity index (χ1n) is 32.6. The van der Waals surface area contributed by atoms with E-state index in [2.05, 4.69) is 67.8 Å². The average Bonchev–Trinajstić information content (AvgIpc) is 3.40. The first kappa shape index (κ1) is 71.6. The van der Waals surface area contributed by atoms with E-state index in [0.717, 1.165) is 57.8 Å². The number of hydrogen-bond acceptors (Lipinski definition) is 5. The minimum atomic E-state index is -0.843. The molecule has 0 aromatic heterocycles. The standard InChI is InChI=1S/C68H125NO5/c1-3-5-7-9-11-13-15-16-34-38-42-46-50-54-58-62-68(73)74-63-59-55-51-47-43-39-36-33-31-29-27-25-23-21-19-17-18-20-22-24-26-28-30-32-35-37-41-45-49-53-57-61-67(72)69-65(64-70)66(71)60-56-52-48-44-40-14-12-10-8-6-4-2/h11,13,16,19,21,25,27,34,56,60,65-66,70-71H,3-10,12,14-15,17-18,20,22-24,26,28-33,35-55,57-59,61-64H2,1-2H3,(H,69,72)/b13-11-,21-19-,27-25-,34-16-,60-56+. The van der Waals surface area contributed by atoms with Gasteiger partial charge in [0.1, 0.15) is 0 Å². The van der Waals surface area contributed by atoms with Crippen molar-refractivity contribution < 1.29 is 24.5 Å². The summed E-state index contributed by atoms with van der Waals surface area (Å²) in [6, 6.07) is -0.627. The summed E-state index contributed by atoms with van der Waals surface area (Å²) in [5.74, 6) is -0.0704. The third-order valence-electron chi connectivity index (χ3n) is 14.8. The Kier molecular flexibility index (Phi) is 61.0. The van der Waals surface area contributed by atoms with E-state index in [9.17, 15) is 19.8 Å². The van der Waals surface area contributed by atoms with E-state index in [-0.39, 0.29) is 18.5 Å². The zero-order chi connectivity index (χ0) is 53.6. The Morgan fingerprint density at radius 1 is 0.378 bits per heavy atom. The fraction of sp³-hybridized carbons (Fsp3) is 0.824. The Bertz CT molecular complexity index is 1290. The van der Waals surface area contributed by atoms with Crippen LogP contribution in [0.1, 0.15) is 335 Å². The van der Waals surface area contributed by atoms with Gasteiger partial charge >= 0.3 is 5.97 Å². The summed E-state index contributed by atoms with van der Waals surface area (Å²) >= 11 is 0. The summed E-state index contributed by atoms with van der Waals surface area (Å²) in [6.07, 6.45) is 82.8. The van der Waals surface area contributed by atoms with Gasteiger partial charge in [-0.05, 0) is 96.3 Å². The van der Waals surface area contributed by atoms with Gasteiger partial charge in [-0.25, -0.2) is 0 Å². The molecule has 432 valence electrons. The molecule has 0 aliphatic carbocycles. The number of allylic oxidation sites excluding steroid dienone is 9. The van der Waals surface area contributed by atoms with Gasteiger partial charge < -0.3 is 20.3 Å². The molecule has 0 bridgehead atoms. The van der Waals surface area contributed by atoms with Crippen molar-refractivity contribution in [2.45, 2.75) is 347 Å². The molecule has 2 unspecified atom stereocenters. The van der Waals surface area contributed by atoms with Crippen molar-refractivity contribution in [2.24, 2.45) is 0 Å². The largest absolute Gasteiger partial charge is 0.466 e. The Balaban J connectivity index is 3.40. The van der Waals surface area contributed by atoms with E-state index in [1.807, 2.05) is 6.08 Å². The first-order chi connectivity index (χ1) is 36.5. The van der Waals surface area contributed by atoms with Crippen LogP contribution in [0.4, 0.5) is 0 Å². The topological polar surface area (TPSA) is 95.9 Å². The van der Waals surface area contributed by atoms with Gasteiger partial charge in [0.25, 0.3) is 0 Å². The lowest BCUT2D eigenvalue weighted by atomic mass is 10.0. The van der Waals surface area contributed by atoms with Crippen molar-refractivity contribution in [3.63, 3.8) is 0 Å². The SMILES string of the molecule is CCCCC/C=C\C/C=C\CCCCCCCC(=O)OCCCCCCCCCCC/C=C\C/C=C\CCCCCCCCCCCCCCCCCC(=O)NC(CO)C(O)/C=C/CCCCCCCCCCC. The number of unbranched alkanes of at least 4 members (excludes halogenated alkanes) is 41. The van der Waals surface area contributed by atoms with E-state index < -0.39 is 12.1 Å². The van der Waals surface area contributed by atoms with Gasteiger partial charge in [-0.3, -0.25) is 9.59 Å². The number of hydrogen-bond donors (Lipinski definition) is 3.